The van der Waals surface area contributed by atoms with Crippen molar-refractivity contribution in [3.8, 4) is 22.6 Å². The molecular weight excluding hydrogens is 459 g/mol. The number of halogens is 2. The van der Waals surface area contributed by atoms with Crippen LogP contribution in [0.4, 0.5) is 5.95 Å². The maximum absolute atomic E-state index is 13.3. The molecule has 0 aliphatic carbocycles. The molecule has 0 amide bonds. The Balaban J connectivity index is 1.85. The quantitative estimate of drug-likeness (QED) is 0.576. The number of ether oxygens (including phenoxy) is 2. The first-order valence-corrected chi connectivity index (χ1v) is 11.6. The van der Waals surface area contributed by atoms with Gasteiger partial charge in [-0.2, -0.15) is 16.7 Å². The van der Waals surface area contributed by atoms with E-state index in [-0.39, 0.29) is 15.6 Å². The van der Waals surface area contributed by atoms with Crippen LogP contribution in [-0.2, 0) is 7.05 Å². The third kappa shape index (κ3) is 3.92. The van der Waals surface area contributed by atoms with E-state index in [1.165, 1.54) is 18.8 Å². The van der Waals surface area contributed by atoms with Gasteiger partial charge in [0.15, 0.2) is 0 Å². The van der Waals surface area contributed by atoms with Gasteiger partial charge in [-0.05, 0) is 17.7 Å². The van der Waals surface area contributed by atoms with E-state index in [2.05, 4.69) is 22.2 Å². The number of benzene rings is 1. The number of thioether (sulfide) groups is 1. The molecule has 3 heterocycles. The molecule has 3 aromatic rings. The molecule has 0 spiro atoms. The van der Waals surface area contributed by atoms with Crippen LogP contribution in [0.2, 0.25) is 10.0 Å². The van der Waals surface area contributed by atoms with Gasteiger partial charge in [-0.15, -0.1) is 0 Å². The molecule has 2 aromatic heterocycles. The maximum atomic E-state index is 13.3. The number of fused-ring (bicyclic) bond motifs is 1. The molecule has 10 heteroatoms. The van der Waals surface area contributed by atoms with Gasteiger partial charge in [0.25, 0.3) is 5.56 Å². The van der Waals surface area contributed by atoms with E-state index in [0.29, 0.717) is 51.6 Å². The van der Waals surface area contributed by atoms with Gasteiger partial charge in [-0.3, -0.25) is 9.36 Å². The predicted molar refractivity (Wildman–Crippen MR) is 127 cm³/mol. The fourth-order valence-electron chi connectivity index (χ4n) is 3.63. The summed E-state index contributed by atoms with van der Waals surface area (Å²) in [6.07, 6.45) is 1.69. The van der Waals surface area contributed by atoms with Crippen LogP contribution in [-0.4, -0.2) is 46.3 Å². The van der Waals surface area contributed by atoms with Crippen LogP contribution in [0.1, 0.15) is 6.92 Å². The van der Waals surface area contributed by atoms with Crippen molar-refractivity contribution >= 4 is 51.9 Å². The van der Waals surface area contributed by atoms with Crippen LogP contribution in [0.25, 0.3) is 22.2 Å². The van der Waals surface area contributed by atoms with Gasteiger partial charge in [-0.25, -0.2) is 4.98 Å². The summed E-state index contributed by atoms with van der Waals surface area (Å²) in [5.41, 5.74) is 0.890. The summed E-state index contributed by atoms with van der Waals surface area (Å²) in [5, 5.41) is 4.54. The van der Waals surface area contributed by atoms with Crippen molar-refractivity contribution < 1.29 is 9.47 Å². The number of nitrogens with one attached hydrogen (secondary N) is 1. The average molecular weight is 481 g/mol. The number of rotatable bonds is 5. The Labute approximate surface area is 194 Å². The lowest BCUT2D eigenvalue weighted by atomic mass is 10.0. The minimum atomic E-state index is -0.291. The zero-order valence-electron chi connectivity index (χ0n) is 17.5. The van der Waals surface area contributed by atoms with Gasteiger partial charge >= 0.3 is 0 Å². The second-order valence-electron chi connectivity index (χ2n) is 7.44. The fraction of sp³-hybridized carbons (Fsp3) is 0.381. The lowest BCUT2D eigenvalue weighted by Crippen LogP contribution is -2.27. The Morgan fingerprint density at radius 3 is 2.42 bits per heavy atom. The largest absolute Gasteiger partial charge is 0.495 e. The summed E-state index contributed by atoms with van der Waals surface area (Å²) in [7, 11) is 4.64. The first-order valence-electron chi connectivity index (χ1n) is 9.67. The van der Waals surface area contributed by atoms with Crippen molar-refractivity contribution in [1.29, 1.82) is 0 Å². The highest BCUT2D eigenvalue weighted by atomic mass is 35.5. The van der Waals surface area contributed by atoms with Crippen molar-refractivity contribution in [2.45, 2.75) is 13.0 Å². The molecule has 7 nitrogen and oxygen atoms in total. The number of hydrogen-bond acceptors (Lipinski definition) is 7. The van der Waals surface area contributed by atoms with E-state index in [4.69, 9.17) is 32.7 Å². The molecular formula is C21H22Cl2N4O3S. The summed E-state index contributed by atoms with van der Waals surface area (Å²) >= 11 is 15.0. The second-order valence-corrected chi connectivity index (χ2v) is 9.28. The average Bonchev–Trinajstić information content (AvgIpc) is 3.16. The predicted octanol–water partition coefficient (Wildman–Crippen LogP) is 4.48. The van der Waals surface area contributed by atoms with Crippen LogP contribution in [0, 0.1) is 5.92 Å². The molecule has 164 valence electrons. The van der Waals surface area contributed by atoms with E-state index >= 15 is 0 Å². The SMILES string of the molecule is COc1cc(OC)c(Cl)c(-c2cc3cnc(NC4CSCC4C)nc3n(C)c2=O)c1Cl. The summed E-state index contributed by atoms with van der Waals surface area (Å²) < 4.78 is 12.1. The van der Waals surface area contributed by atoms with Crippen LogP contribution in [0.5, 0.6) is 11.5 Å². The van der Waals surface area contributed by atoms with Crippen molar-refractivity contribution in [2.75, 3.05) is 31.0 Å². The van der Waals surface area contributed by atoms with E-state index in [1.54, 1.807) is 25.4 Å². The number of methoxy groups -OCH3 is 2. The van der Waals surface area contributed by atoms with Crippen LogP contribution >= 0.6 is 35.0 Å². The van der Waals surface area contributed by atoms with E-state index < -0.39 is 0 Å². The maximum Gasteiger partial charge on any atom is 0.259 e. The van der Waals surface area contributed by atoms with E-state index in [9.17, 15) is 4.79 Å². The lowest BCUT2D eigenvalue weighted by Gasteiger charge is -2.18. The standard InChI is InChI=1S/C21H22Cl2N4O3S/c1-10-8-31-9-13(10)25-21-24-7-11-5-12(20(28)27(2)19(11)26-21)16-17(22)14(29-3)6-15(30-4)18(16)23/h5-7,10,13H,8-9H2,1-4H3,(H,24,25,26). The minimum Gasteiger partial charge on any atom is -0.495 e. The van der Waals surface area contributed by atoms with Gasteiger partial charge in [0.2, 0.25) is 5.95 Å². The van der Waals surface area contributed by atoms with Crippen molar-refractivity contribution in [1.82, 2.24) is 14.5 Å². The third-order valence-corrected chi connectivity index (χ3v) is 7.58. The molecule has 0 radical (unpaired) electrons. The van der Waals surface area contributed by atoms with Crippen LogP contribution in [0.3, 0.4) is 0 Å². The molecule has 1 aliphatic rings. The van der Waals surface area contributed by atoms with E-state index in [1.807, 2.05) is 11.8 Å². The normalized spacial score (nSPS) is 18.4. The van der Waals surface area contributed by atoms with Crippen molar-refractivity contribution in [3.63, 3.8) is 0 Å². The second kappa shape index (κ2) is 8.76. The topological polar surface area (TPSA) is 78.3 Å². The van der Waals surface area contributed by atoms with Crippen LogP contribution < -0.4 is 20.3 Å². The number of aryl methyl sites for hydroxylation is 1. The first kappa shape index (κ1) is 22.0. The Morgan fingerprint density at radius 2 is 1.84 bits per heavy atom. The zero-order valence-corrected chi connectivity index (χ0v) is 19.9. The third-order valence-electron chi connectivity index (χ3n) is 5.47. The van der Waals surface area contributed by atoms with Crippen molar-refractivity contribution in [3.05, 3.63) is 38.7 Å². The zero-order chi connectivity index (χ0) is 22.3. The summed E-state index contributed by atoms with van der Waals surface area (Å²) in [6.45, 7) is 2.20. The molecule has 0 bridgehead atoms. The number of hydrogen-bond donors (Lipinski definition) is 1. The number of aromatic nitrogens is 3. The highest BCUT2D eigenvalue weighted by molar-refractivity contribution is 7.99. The Kier molecular flexibility index (Phi) is 6.23. The summed E-state index contributed by atoms with van der Waals surface area (Å²) in [5.74, 6) is 3.88. The molecule has 1 N–H and O–H groups in total. The Bertz CT molecular complexity index is 1190. The molecule has 0 saturated carbocycles. The minimum absolute atomic E-state index is 0.233. The molecule has 1 saturated heterocycles. The summed E-state index contributed by atoms with van der Waals surface area (Å²) in [6, 6.07) is 3.59. The molecule has 2 atom stereocenters. The number of nitrogens with zero attached hydrogens (tertiary/aromatic N) is 3. The molecule has 31 heavy (non-hydrogen) atoms. The van der Waals surface area contributed by atoms with Crippen molar-refractivity contribution in [2.24, 2.45) is 13.0 Å². The fourth-order valence-corrected chi connectivity index (χ4v) is 5.74. The smallest absolute Gasteiger partial charge is 0.259 e. The van der Waals surface area contributed by atoms with Gasteiger partial charge in [-0.1, -0.05) is 30.1 Å². The number of anilines is 1. The Hall–Kier alpha value is -2.16. The highest BCUT2D eigenvalue weighted by Crippen LogP contribution is 2.45. The molecule has 1 aliphatic heterocycles. The van der Waals surface area contributed by atoms with Crippen LogP contribution in [0.15, 0.2) is 23.1 Å². The van der Waals surface area contributed by atoms with Gasteiger partial charge in [0.05, 0.1) is 29.8 Å². The first-order chi connectivity index (χ1) is 14.8. The Morgan fingerprint density at radius 1 is 1.16 bits per heavy atom. The highest BCUT2D eigenvalue weighted by Gasteiger charge is 2.25. The van der Waals surface area contributed by atoms with E-state index in [0.717, 1.165) is 11.5 Å². The summed E-state index contributed by atoms with van der Waals surface area (Å²) in [4.78, 5) is 22.3. The molecule has 1 fully saturated rings. The number of pyridine rings is 1. The van der Waals surface area contributed by atoms with Gasteiger partial charge in [0, 0.05) is 42.1 Å². The molecule has 1 aromatic carbocycles. The van der Waals surface area contributed by atoms with Gasteiger partial charge in [0.1, 0.15) is 17.1 Å². The molecule has 2 unspecified atom stereocenters. The molecule has 4 rings (SSSR count). The lowest BCUT2D eigenvalue weighted by molar-refractivity contribution is 0.395. The monoisotopic (exact) mass is 480 g/mol. The van der Waals surface area contributed by atoms with Gasteiger partial charge < -0.3 is 14.8 Å².